The van der Waals surface area contributed by atoms with Crippen LogP contribution in [0.15, 0.2) is 4.99 Å². The molecule has 1 heterocycles. The summed E-state index contributed by atoms with van der Waals surface area (Å²) in [5.41, 5.74) is 0. The molecule has 0 saturated carbocycles. The zero-order valence-electron chi connectivity index (χ0n) is 17.8. The number of hydrogen-bond donors (Lipinski definition) is 2. The van der Waals surface area contributed by atoms with Crippen LogP contribution in [0, 0.1) is 5.92 Å². The SMILES string of the molecule is CCNC(=NCCCN1CCCCCC1=O)NCCC(OCC)C(C)C.I. The molecule has 160 valence electrons. The maximum atomic E-state index is 12.0. The van der Waals surface area contributed by atoms with Crippen molar-refractivity contribution in [1.82, 2.24) is 15.5 Å². The molecule has 0 aliphatic carbocycles. The number of ether oxygens (including phenoxy) is 1. The Labute approximate surface area is 183 Å². The van der Waals surface area contributed by atoms with Crippen LogP contribution >= 0.6 is 24.0 Å². The van der Waals surface area contributed by atoms with Gasteiger partial charge in [-0.1, -0.05) is 20.3 Å². The zero-order chi connectivity index (χ0) is 19.2. The molecule has 1 rings (SSSR count). The van der Waals surface area contributed by atoms with Crippen molar-refractivity contribution in [3.05, 3.63) is 0 Å². The predicted molar refractivity (Wildman–Crippen MR) is 124 cm³/mol. The summed E-state index contributed by atoms with van der Waals surface area (Å²) in [6.07, 6.45) is 6.23. The van der Waals surface area contributed by atoms with Gasteiger partial charge >= 0.3 is 0 Å². The number of amides is 1. The molecule has 1 aliphatic rings. The third-order valence-electron chi connectivity index (χ3n) is 4.72. The lowest BCUT2D eigenvalue weighted by Crippen LogP contribution is -2.39. The van der Waals surface area contributed by atoms with Crippen molar-refractivity contribution in [3.63, 3.8) is 0 Å². The molecule has 1 amide bonds. The van der Waals surface area contributed by atoms with Gasteiger partial charge in [-0.25, -0.2) is 0 Å². The van der Waals surface area contributed by atoms with Crippen molar-refractivity contribution >= 4 is 35.8 Å². The van der Waals surface area contributed by atoms with E-state index in [4.69, 9.17) is 4.74 Å². The highest BCUT2D eigenvalue weighted by Gasteiger charge is 2.15. The quantitative estimate of drug-likeness (QED) is 0.199. The van der Waals surface area contributed by atoms with Gasteiger partial charge in [-0.15, -0.1) is 24.0 Å². The molecule has 6 nitrogen and oxygen atoms in total. The van der Waals surface area contributed by atoms with Gasteiger partial charge < -0.3 is 20.3 Å². The average Bonchev–Trinajstić information content (AvgIpc) is 2.82. The molecular formula is C20H41IN4O2. The fourth-order valence-electron chi connectivity index (χ4n) is 3.23. The van der Waals surface area contributed by atoms with Crippen LogP contribution in [0.3, 0.4) is 0 Å². The summed E-state index contributed by atoms with van der Waals surface area (Å²) >= 11 is 0. The maximum absolute atomic E-state index is 12.0. The third kappa shape index (κ3) is 11.8. The van der Waals surface area contributed by atoms with E-state index in [9.17, 15) is 4.79 Å². The van der Waals surface area contributed by atoms with E-state index < -0.39 is 0 Å². The van der Waals surface area contributed by atoms with Crippen LogP contribution in [0.4, 0.5) is 0 Å². The first-order chi connectivity index (χ1) is 12.6. The highest BCUT2D eigenvalue weighted by Crippen LogP contribution is 2.11. The number of carbonyl (C=O) groups is 1. The molecule has 1 saturated heterocycles. The van der Waals surface area contributed by atoms with Crippen molar-refractivity contribution < 1.29 is 9.53 Å². The van der Waals surface area contributed by atoms with E-state index in [2.05, 4.69) is 36.4 Å². The van der Waals surface area contributed by atoms with Gasteiger partial charge in [0.1, 0.15) is 0 Å². The van der Waals surface area contributed by atoms with Crippen molar-refractivity contribution in [2.75, 3.05) is 39.3 Å². The van der Waals surface area contributed by atoms with E-state index in [-0.39, 0.29) is 30.1 Å². The van der Waals surface area contributed by atoms with Gasteiger partial charge in [-0.05, 0) is 45.4 Å². The topological polar surface area (TPSA) is 66.0 Å². The molecule has 0 aromatic heterocycles. The second kappa shape index (κ2) is 16.4. The van der Waals surface area contributed by atoms with Crippen LogP contribution in [-0.4, -0.2) is 62.2 Å². The number of hydrogen-bond acceptors (Lipinski definition) is 3. The van der Waals surface area contributed by atoms with E-state index >= 15 is 0 Å². The van der Waals surface area contributed by atoms with Crippen LogP contribution in [0.2, 0.25) is 0 Å². The molecule has 1 fully saturated rings. The molecule has 1 atom stereocenters. The maximum Gasteiger partial charge on any atom is 0.222 e. The molecule has 0 aromatic rings. The minimum Gasteiger partial charge on any atom is -0.378 e. The van der Waals surface area contributed by atoms with Gasteiger partial charge in [0.15, 0.2) is 5.96 Å². The molecule has 1 aliphatic heterocycles. The first-order valence-corrected chi connectivity index (χ1v) is 10.5. The molecule has 2 N–H and O–H groups in total. The summed E-state index contributed by atoms with van der Waals surface area (Å²) in [5.74, 6) is 1.68. The third-order valence-corrected chi connectivity index (χ3v) is 4.72. The predicted octanol–water partition coefficient (Wildman–Crippen LogP) is 3.40. The standard InChI is InChI=1S/C20H40N4O2.HI/c1-5-21-20(23-14-12-18(17(3)4)26-6-2)22-13-10-16-24-15-9-7-8-11-19(24)25;/h17-18H,5-16H2,1-4H3,(H2,21,22,23);1H. The summed E-state index contributed by atoms with van der Waals surface area (Å²) in [7, 11) is 0. The number of carbonyl (C=O) groups excluding carboxylic acids is 1. The molecule has 0 aromatic carbocycles. The fourth-order valence-corrected chi connectivity index (χ4v) is 3.23. The zero-order valence-corrected chi connectivity index (χ0v) is 20.1. The van der Waals surface area contributed by atoms with Crippen LogP contribution in [0.1, 0.15) is 66.2 Å². The van der Waals surface area contributed by atoms with Crippen molar-refractivity contribution in [3.8, 4) is 0 Å². The minimum absolute atomic E-state index is 0. The van der Waals surface area contributed by atoms with E-state index in [0.717, 1.165) is 71.0 Å². The number of likely N-dealkylation sites (tertiary alicyclic amines) is 1. The van der Waals surface area contributed by atoms with E-state index in [1.807, 2.05) is 11.8 Å². The molecule has 0 radical (unpaired) electrons. The Morgan fingerprint density at radius 3 is 2.67 bits per heavy atom. The Balaban J connectivity index is 0.00000676. The van der Waals surface area contributed by atoms with Crippen LogP contribution in [0.5, 0.6) is 0 Å². The van der Waals surface area contributed by atoms with Gasteiger partial charge in [0.05, 0.1) is 6.10 Å². The van der Waals surface area contributed by atoms with Gasteiger partial charge in [0.2, 0.25) is 5.91 Å². The highest BCUT2D eigenvalue weighted by molar-refractivity contribution is 14.0. The van der Waals surface area contributed by atoms with Crippen molar-refractivity contribution in [2.45, 2.75) is 72.3 Å². The lowest BCUT2D eigenvalue weighted by atomic mass is 10.0. The molecular weight excluding hydrogens is 455 g/mol. The Kier molecular flexibility index (Phi) is 16.0. The molecule has 0 bridgehead atoms. The second-order valence-corrected chi connectivity index (χ2v) is 7.26. The van der Waals surface area contributed by atoms with E-state index in [0.29, 0.717) is 18.2 Å². The van der Waals surface area contributed by atoms with Crippen LogP contribution in [0.25, 0.3) is 0 Å². The Hall–Kier alpha value is -0.570. The Bertz CT molecular complexity index is 419. The van der Waals surface area contributed by atoms with Gasteiger partial charge in [0.25, 0.3) is 0 Å². The number of guanidine groups is 1. The lowest BCUT2D eigenvalue weighted by molar-refractivity contribution is -0.130. The monoisotopic (exact) mass is 496 g/mol. The van der Waals surface area contributed by atoms with E-state index in [1.54, 1.807) is 0 Å². The minimum atomic E-state index is 0. The molecule has 7 heteroatoms. The number of nitrogens with one attached hydrogen (secondary N) is 2. The van der Waals surface area contributed by atoms with Gasteiger partial charge in [-0.2, -0.15) is 0 Å². The Morgan fingerprint density at radius 1 is 1.22 bits per heavy atom. The van der Waals surface area contributed by atoms with Crippen LogP contribution in [-0.2, 0) is 9.53 Å². The normalized spacial score (nSPS) is 16.7. The molecule has 27 heavy (non-hydrogen) atoms. The summed E-state index contributed by atoms with van der Waals surface area (Å²) in [4.78, 5) is 18.7. The second-order valence-electron chi connectivity index (χ2n) is 7.26. The molecule has 0 spiro atoms. The highest BCUT2D eigenvalue weighted by atomic mass is 127. The number of aliphatic imine (C=N–C) groups is 1. The average molecular weight is 496 g/mol. The number of nitrogens with zero attached hydrogens (tertiary/aromatic N) is 2. The van der Waals surface area contributed by atoms with Crippen LogP contribution < -0.4 is 10.6 Å². The first kappa shape index (κ1) is 26.4. The summed E-state index contributed by atoms with van der Waals surface area (Å²) in [6, 6.07) is 0. The fraction of sp³-hybridized carbons (Fsp3) is 0.900. The smallest absolute Gasteiger partial charge is 0.222 e. The summed E-state index contributed by atoms with van der Waals surface area (Å²) in [5, 5.41) is 6.69. The number of halogens is 1. The lowest BCUT2D eigenvalue weighted by Gasteiger charge is -2.22. The Morgan fingerprint density at radius 2 is 2.00 bits per heavy atom. The molecule has 1 unspecified atom stereocenters. The van der Waals surface area contributed by atoms with Crippen molar-refractivity contribution in [2.24, 2.45) is 10.9 Å². The first-order valence-electron chi connectivity index (χ1n) is 10.5. The van der Waals surface area contributed by atoms with E-state index in [1.165, 1.54) is 6.42 Å². The summed E-state index contributed by atoms with van der Waals surface area (Å²) < 4.78 is 5.79. The number of rotatable bonds is 11. The van der Waals surface area contributed by atoms with Gasteiger partial charge in [0, 0.05) is 45.8 Å². The van der Waals surface area contributed by atoms with Gasteiger partial charge in [-0.3, -0.25) is 9.79 Å². The van der Waals surface area contributed by atoms with Crippen molar-refractivity contribution in [1.29, 1.82) is 0 Å². The largest absolute Gasteiger partial charge is 0.378 e. The summed E-state index contributed by atoms with van der Waals surface area (Å²) in [6.45, 7) is 13.4.